The first-order valence-electron chi connectivity index (χ1n) is 5.72. The van der Waals surface area contributed by atoms with Crippen LogP contribution in [0, 0.1) is 0 Å². The van der Waals surface area contributed by atoms with Crippen LogP contribution in [0.5, 0.6) is 0 Å². The van der Waals surface area contributed by atoms with Gasteiger partial charge in [-0.3, -0.25) is 9.78 Å². The molecule has 2 rings (SSSR count). The van der Waals surface area contributed by atoms with Crippen LogP contribution < -0.4 is 5.32 Å². The first-order valence-corrected chi connectivity index (χ1v) is 5.72. The molecule has 0 aromatic carbocycles. The van der Waals surface area contributed by atoms with Gasteiger partial charge in [-0.1, -0.05) is 6.92 Å². The van der Waals surface area contributed by atoms with Gasteiger partial charge in [-0.15, -0.1) is 0 Å². The summed E-state index contributed by atoms with van der Waals surface area (Å²) in [5.74, 6) is 0.213. The Hall–Kier alpha value is -1.42. The molecular formula is C12H17N3O. The van der Waals surface area contributed by atoms with E-state index in [0.29, 0.717) is 6.54 Å². The van der Waals surface area contributed by atoms with E-state index >= 15 is 0 Å². The van der Waals surface area contributed by atoms with Gasteiger partial charge in [-0.05, 0) is 24.1 Å². The van der Waals surface area contributed by atoms with E-state index in [0.717, 1.165) is 25.1 Å². The number of aromatic nitrogens is 1. The quantitative estimate of drug-likeness (QED) is 0.817. The fraction of sp³-hybridized carbons (Fsp3) is 0.500. The summed E-state index contributed by atoms with van der Waals surface area (Å²) < 4.78 is 0. The van der Waals surface area contributed by atoms with Gasteiger partial charge in [-0.25, -0.2) is 0 Å². The first-order chi connectivity index (χ1) is 7.81. The number of amides is 1. The highest BCUT2D eigenvalue weighted by molar-refractivity contribution is 5.82. The average Bonchev–Trinajstić information content (AvgIpc) is 2.33. The number of hydrogen-bond donors (Lipinski definition) is 1. The second kappa shape index (κ2) is 5.07. The molecule has 2 heterocycles. The molecule has 1 aromatic heterocycles. The molecule has 1 fully saturated rings. The maximum atomic E-state index is 12.0. The van der Waals surface area contributed by atoms with Crippen molar-refractivity contribution in [3.63, 3.8) is 0 Å². The third kappa shape index (κ3) is 2.39. The van der Waals surface area contributed by atoms with Crippen molar-refractivity contribution in [1.82, 2.24) is 15.2 Å². The smallest absolute Gasteiger partial charge is 0.240 e. The highest BCUT2D eigenvalue weighted by Gasteiger charge is 2.26. The van der Waals surface area contributed by atoms with Crippen LogP contribution in [0.1, 0.15) is 18.9 Å². The fourth-order valence-electron chi connectivity index (χ4n) is 1.98. The summed E-state index contributed by atoms with van der Waals surface area (Å²) in [7, 11) is 0. The van der Waals surface area contributed by atoms with Crippen molar-refractivity contribution in [3.8, 4) is 0 Å². The summed E-state index contributed by atoms with van der Waals surface area (Å²) >= 11 is 0. The van der Waals surface area contributed by atoms with Gasteiger partial charge in [0.05, 0.1) is 6.04 Å². The van der Waals surface area contributed by atoms with Crippen molar-refractivity contribution in [3.05, 3.63) is 30.1 Å². The van der Waals surface area contributed by atoms with Crippen LogP contribution in [0.3, 0.4) is 0 Å². The van der Waals surface area contributed by atoms with E-state index in [1.807, 2.05) is 24.0 Å². The molecule has 1 N–H and O–H groups in total. The average molecular weight is 219 g/mol. The minimum Gasteiger partial charge on any atom is -0.336 e. The molecular weight excluding hydrogens is 202 g/mol. The Morgan fingerprint density at radius 1 is 1.50 bits per heavy atom. The molecule has 1 aliphatic heterocycles. The van der Waals surface area contributed by atoms with Crippen molar-refractivity contribution < 1.29 is 4.79 Å². The molecule has 1 unspecified atom stereocenters. The van der Waals surface area contributed by atoms with Gasteiger partial charge in [0.2, 0.25) is 5.91 Å². The van der Waals surface area contributed by atoms with Gasteiger partial charge in [0, 0.05) is 32.0 Å². The van der Waals surface area contributed by atoms with Crippen LogP contribution >= 0.6 is 0 Å². The van der Waals surface area contributed by atoms with Gasteiger partial charge >= 0.3 is 0 Å². The van der Waals surface area contributed by atoms with Crippen LogP contribution in [0.2, 0.25) is 0 Å². The molecule has 1 amide bonds. The summed E-state index contributed by atoms with van der Waals surface area (Å²) in [6.07, 6.45) is 4.38. The minimum absolute atomic E-state index is 0.00409. The molecule has 4 heteroatoms. The second-order valence-corrected chi connectivity index (χ2v) is 4.03. The molecule has 1 aliphatic rings. The maximum absolute atomic E-state index is 12.0. The zero-order valence-electron chi connectivity index (χ0n) is 9.52. The van der Waals surface area contributed by atoms with Gasteiger partial charge < -0.3 is 10.2 Å². The molecule has 0 radical (unpaired) electrons. The Bertz CT molecular complexity index is 353. The summed E-state index contributed by atoms with van der Waals surface area (Å²) in [5.41, 5.74) is 1.14. The van der Waals surface area contributed by atoms with E-state index in [1.165, 1.54) is 0 Å². The molecule has 1 aromatic rings. The molecule has 1 atom stereocenters. The predicted molar refractivity (Wildman–Crippen MR) is 61.7 cm³/mol. The standard InChI is InChI=1S/C12H17N3O/c1-2-11-12(16)15(8-7-14-11)9-10-3-5-13-6-4-10/h3-6,11,14H,2,7-9H2,1H3. The summed E-state index contributed by atoms with van der Waals surface area (Å²) in [5, 5.41) is 3.23. The molecule has 1 saturated heterocycles. The fourth-order valence-corrected chi connectivity index (χ4v) is 1.98. The Morgan fingerprint density at radius 2 is 2.25 bits per heavy atom. The van der Waals surface area contributed by atoms with E-state index < -0.39 is 0 Å². The SMILES string of the molecule is CCC1NCCN(Cc2ccncc2)C1=O. The van der Waals surface area contributed by atoms with Gasteiger partial charge in [0.1, 0.15) is 0 Å². The number of carbonyl (C=O) groups excluding carboxylic acids is 1. The normalized spacial score (nSPS) is 21.2. The largest absolute Gasteiger partial charge is 0.336 e. The van der Waals surface area contributed by atoms with E-state index in [1.54, 1.807) is 12.4 Å². The lowest BCUT2D eigenvalue weighted by Gasteiger charge is -2.32. The molecule has 0 saturated carbocycles. The number of piperazine rings is 1. The summed E-state index contributed by atoms with van der Waals surface area (Å²) in [6, 6.07) is 3.91. The first kappa shape index (κ1) is 11.1. The van der Waals surface area contributed by atoms with Crippen molar-refractivity contribution in [2.45, 2.75) is 25.9 Å². The number of pyridine rings is 1. The van der Waals surface area contributed by atoms with Gasteiger partial charge in [0.15, 0.2) is 0 Å². The molecule has 16 heavy (non-hydrogen) atoms. The van der Waals surface area contributed by atoms with Crippen molar-refractivity contribution in [1.29, 1.82) is 0 Å². The Kier molecular flexibility index (Phi) is 3.51. The van der Waals surface area contributed by atoms with E-state index in [2.05, 4.69) is 10.3 Å². The lowest BCUT2D eigenvalue weighted by atomic mass is 10.1. The number of nitrogens with zero attached hydrogens (tertiary/aromatic N) is 2. The summed E-state index contributed by atoms with van der Waals surface area (Å²) in [4.78, 5) is 17.9. The number of carbonyl (C=O) groups is 1. The Labute approximate surface area is 95.7 Å². The minimum atomic E-state index is -0.00409. The van der Waals surface area contributed by atoms with E-state index in [-0.39, 0.29) is 11.9 Å². The number of rotatable bonds is 3. The Balaban J connectivity index is 2.02. The van der Waals surface area contributed by atoms with Crippen LogP contribution in [0.4, 0.5) is 0 Å². The van der Waals surface area contributed by atoms with Crippen LogP contribution in [-0.2, 0) is 11.3 Å². The molecule has 0 spiro atoms. The van der Waals surface area contributed by atoms with Gasteiger partial charge in [-0.2, -0.15) is 0 Å². The van der Waals surface area contributed by atoms with Crippen molar-refractivity contribution in [2.75, 3.05) is 13.1 Å². The van der Waals surface area contributed by atoms with Crippen molar-refractivity contribution >= 4 is 5.91 Å². The molecule has 0 aliphatic carbocycles. The molecule has 86 valence electrons. The third-order valence-electron chi connectivity index (χ3n) is 2.91. The monoisotopic (exact) mass is 219 g/mol. The topological polar surface area (TPSA) is 45.2 Å². The van der Waals surface area contributed by atoms with Crippen LogP contribution in [-0.4, -0.2) is 34.9 Å². The highest BCUT2D eigenvalue weighted by Crippen LogP contribution is 2.09. The van der Waals surface area contributed by atoms with Gasteiger partial charge in [0.25, 0.3) is 0 Å². The zero-order valence-corrected chi connectivity index (χ0v) is 9.52. The maximum Gasteiger partial charge on any atom is 0.240 e. The Morgan fingerprint density at radius 3 is 2.94 bits per heavy atom. The lowest BCUT2D eigenvalue weighted by Crippen LogP contribution is -2.54. The number of hydrogen-bond acceptors (Lipinski definition) is 3. The van der Waals surface area contributed by atoms with E-state index in [4.69, 9.17) is 0 Å². The zero-order chi connectivity index (χ0) is 11.4. The number of nitrogens with one attached hydrogen (secondary N) is 1. The van der Waals surface area contributed by atoms with Crippen LogP contribution in [0.25, 0.3) is 0 Å². The third-order valence-corrected chi connectivity index (χ3v) is 2.91. The predicted octanol–water partition coefficient (Wildman–Crippen LogP) is 0.792. The van der Waals surface area contributed by atoms with Crippen LogP contribution in [0.15, 0.2) is 24.5 Å². The highest BCUT2D eigenvalue weighted by atomic mass is 16.2. The lowest BCUT2D eigenvalue weighted by molar-refractivity contribution is -0.136. The second-order valence-electron chi connectivity index (χ2n) is 4.03. The molecule has 0 bridgehead atoms. The summed E-state index contributed by atoms with van der Waals surface area (Å²) in [6.45, 7) is 4.40. The van der Waals surface area contributed by atoms with Crippen molar-refractivity contribution in [2.24, 2.45) is 0 Å². The van der Waals surface area contributed by atoms with E-state index in [9.17, 15) is 4.79 Å². The molecule has 4 nitrogen and oxygen atoms in total.